The van der Waals surface area contributed by atoms with Crippen LogP contribution < -0.4 is 0 Å². The van der Waals surface area contributed by atoms with E-state index in [0.29, 0.717) is 20.4 Å². The average Bonchev–Trinajstić information content (AvgIpc) is 2.76. The van der Waals surface area contributed by atoms with Gasteiger partial charge in [0.2, 0.25) is 0 Å². The summed E-state index contributed by atoms with van der Waals surface area (Å²) in [7, 11) is 1.31. The fourth-order valence-electron chi connectivity index (χ4n) is 2.07. The second kappa shape index (κ2) is 5.85. The van der Waals surface area contributed by atoms with Crippen LogP contribution in [-0.4, -0.2) is 22.6 Å². The topological polar surface area (TPSA) is 44.1 Å². The van der Waals surface area contributed by atoms with Crippen LogP contribution in [-0.2, 0) is 9.53 Å². The fourth-order valence-corrected chi connectivity index (χ4v) is 2.68. The van der Waals surface area contributed by atoms with E-state index in [-0.39, 0.29) is 5.82 Å². The second-order valence-electron chi connectivity index (χ2n) is 4.41. The molecule has 108 valence electrons. The standard InChI is InChI=1S/C13H13ClFIN2O2/c1-6(14)12-17-10-5-9(16)8(15)4-11(10)18(12)7(2)13(19)20-3/h4-7H,1-3H3. The smallest absolute Gasteiger partial charge is 0.328 e. The maximum absolute atomic E-state index is 13.8. The number of aromatic nitrogens is 2. The number of benzene rings is 1. The van der Waals surface area contributed by atoms with Crippen molar-refractivity contribution in [3.05, 3.63) is 27.3 Å². The van der Waals surface area contributed by atoms with Gasteiger partial charge in [0.15, 0.2) is 0 Å². The first kappa shape index (κ1) is 15.5. The Balaban J connectivity index is 2.74. The van der Waals surface area contributed by atoms with Gasteiger partial charge in [0.25, 0.3) is 0 Å². The highest BCUT2D eigenvalue weighted by Crippen LogP contribution is 2.30. The minimum Gasteiger partial charge on any atom is -0.467 e. The van der Waals surface area contributed by atoms with Crippen LogP contribution in [0.4, 0.5) is 4.39 Å². The number of ether oxygens (including phenoxy) is 1. The lowest BCUT2D eigenvalue weighted by molar-refractivity contribution is -0.143. The summed E-state index contributed by atoms with van der Waals surface area (Å²) in [5.74, 6) is -0.270. The molecular formula is C13H13ClFIN2O2. The van der Waals surface area contributed by atoms with Crippen molar-refractivity contribution in [1.82, 2.24) is 9.55 Å². The second-order valence-corrected chi connectivity index (χ2v) is 6.23. The van der Waals surface area contributed by atoms with Crippen molar-refractivity contribution in [3.8, 4) is 0 Å². The van der Waals surface area contributed by atoms with Crippen molar-refractivity contribution >= 4 is 51.2 Å². The van der Waals surface area contributed by atoms with E-state index in [4.69, 9.17) is 16.3 Å². The van der Waals surface area contributed by atoms with E-state index in [9.17, 15) is 9.18 Å². The first-order chi connectivity index (χ1) is 9.36. The highest BCUT2D eigenvalue weighted by molar-refractivity contribution is 14.1. The molecule has 2 atom stereocenters. The number of nitrogens with zero attached hydrogens (tertiary/aromatic N) is 2. The van der Waals surface area contributed by atoms with Gasteiger partial charge in [-0.2, -0.15) is 0 Å². The Morgan fingerprint density at radius 3 is 2.70 bits per heavy atom. The third-order valence-corrected chi connectivity index (χ3v) is 4.07. The van der Waals surface area contributed by atoms with Crippen molar-refractivity contribution in [2.45, 2.75) is 25.3 Å². The van der Waals surface area contributed by atoms with E-state index in [1.54, 1.807) is 24.5 Å². The zero-order valence-corrected chi connectivity index (χ0v) is 14.1. The largest absolute Gasteiger partial charge is 0.467 e. The van der Waals surface area contributed by atoms with Crippen LogP contribution in [0.15, 0.2) is 12.1 Å². The molecule has 0 aliphatic heterocycles. The number of alkyl halides is 1. The van der Waals surface area contributed by atoms with Crippen LogP contribution in [0.5, 0.6) is 0 Å². The van der Waals surface area contributed by atoms with Crippen LogP contribution in [0.1, 0.15) is 31.1 Å². The van der Waals surface area contributed by atoms with Crippen LogP contribution in [0.2, 0.25) is 0 Å². The van der Waals surface area contributed by atoms with Crippen molar-refractivity contribution < 1.29 is 13.9 Å². The molecule has 0 bridgehead atoms. The lowest BCUT2D eigenvalue weighted by atomic mass is 10.2. The molecular weight excluding hydrogens is 398 g/mol. The average molecular weight is 411 g/mol. The number of rotatable bonds is 3. The Morgan fingerprint density at radius 1 is 1.50 bits per heavy atom. The Bertz CT molecular complexity index is 672. The predicted molar refractivity (Wildman–Crippen MR) is 83.4 cm³/mol. The molecule has 1 aromatic carbocycles. The SMILES string of the molecule is COC(=O)C(C)n1c(C(C)Cl)nc2cc(I)c(F)cc21. The number of methoxy groups -OCH3 is 1. The first-order valence-corrected chi connectivity index (χ1v) is 7.47. The van der Waals surface area contributed by atoms with Crippen LogP contribution in [0, 0.1) is 9.39 Å². The monoisotopic (exact) mass is 410 g/mol. The molecule has 0 aliphatic rings. The number of halogens is 3. The fraction of sp³-hybridized carbons (Fsp3) is 0.385. The number of hydrogen-bond acceptors (Lipinski definition) is 3. The molecule has 0 saturated heterocycles. The van der Waals surface area contributed by atoms with Gasteiger partial charge >= 0.3 is 5.97 Å². The molecule has 0 amide bonds. The molecule has 4 nitrogen and oxygen atoms in total. The van der Waals surface area contributed by atoms with Gasteiger partial charge in [-0.1, -0.05) is 0 Å². The van der Waals surface area contributed by atoms with Crippen LogP contribution in [0.25, 0.3) is 11.0 Å². The van der Waals surface area contributed by atoms with Gasteiger partial charge in [-0.25, -0.2) is 14.2 Å². The Hall–Kier alpha value is -0.890. The van der Waals surface area contributed by atoms with Crippen molar-refractivity contribution in [1.29, 1.82) is 0 Å². The van der Waals surface area contributed by atoms with Gasteiger partial charge in [0.1, 0.15) is 17.7 Å². The molecule has 0 aliphatic carbocycles. The lowest BCUT2D eigenvalue weighted by Crippen LogP contribution is -2.20. The number of hydrogen-bond donors (Lipinski definition) is 0. The number of fused-ring (bicyclic) bond motifs is 1. The summed E-state index contributed by atoms with van der Waals surface area (Å²) in [6, 6.07) is 2.38. The van der Waals surface area contributed by atoms with Gasteiger partial charge in [-0.3, -0.25) is 0 Å². The van der Waals surface area contributed by atoms with Gasteiger partial charge < -0.3 is 9.30 Å². The molecule has 2 rings (SSSR count). The molecule has 1 aromatic heterocycles. The van der Waals surface area contributed by atoms with Gasteiger partial charge in [0, 0.05) is 6.07 Å². The predicted octanol–water partition coefficient (Wildman–Crippen LogP) is 3.81. The molecule has 2 unspecified atom stereocenters. The number of carbonyl (C=O) groups is 1. The number of carbonyl (C=O) groups excluding carboxylic acids is 1. The van der Waals surface area contributed by atoms with E-state index >= 15 is 0 Å². The molecule has 2 aromatic rings. The minimum absolute atomic E-state index is 0.356. The summed E-state index contributed by atoms with van der Waals surface area (Å²) >= 11 is 8.02. The summed E-state index contributed by atoms with van der Waals surface area (Å²) < 4.78 is 20.6. The molecule has 0 spiro atoms. The third-order valence-electron chi connectivity index (χ3n) is 3.04. The van der Waals surface area contributed by atoms with E-state index in [2.05, 4.69) is 4.98 Å². The van der Waals surface area contributed by atoms with E-state index in [0.717, 1.165) is 0 Å². The van der Waals surface area contributed by atoms with E-state index in [1.807, 2.05) is 22.6 Å². The first-order valence-electron chi connectivity index (χ1n) is 5.95. The number of esters is 1. The number of imidazole rings is 1. The van der Waals surface area contributed by atoms with E-state index in [1.165, 1.54) is 13.2 Å². The van der Waals surface area contributed by atoms with Crippen molar-refractivity contribution in [2.75, 3.05) is 7.11 Å². The zero-order valence-electron chi connectivity index (χ0n) is 11.2. The van der Waals surface area contributed by atoms with Gasteiger partial charge in [-0.05, 0) is 42.5 Å². The van der Waals surface area contributed by atoms with Crippen LogP contribution >= 0.6 is 34.2 Å². The van der Waals surface area contributed by atoms with Gasteiger partial charge in [-0.15, -0.1) is 11.6 Å². The summed E-state index contributed by atoms with van der Waals surface area (Å²) in [4.78, 5) is 16.2. The van der Waals surface area contributed by atoms with Crippen molar-refractivity contribution in [2.24, 2.45) is 0 Å². The quantitative estimate of drug-likeness (QED) is 0.439. The van der Waals surface area contributed by atoms with E-state index < -0.39 is 17.4 Å². The summed E-state index contributed by atoms with van der Waals surface area (Å²) in [6.07, 6.45) is 0. The van der Waals surface area contributed by atoms with Crippen LogP contribution in [0.3, 0.4) is 0 Å². The lowest BCUT2D eigenvalue weighted by Gasteiger charge is -2.16. The summed E-state index contributed by atoms with van der Waals surface area (Å²) in [5, 5.41) is -0.407. The van der Waals surface area contributed by atoms with Crippen molar-refractivity contribution in [3.63, 3.8) is 0 Å². The molecule has 20 heavy (non-hydrogen) atoms. The molecule has 0 saturated carbocycles. The maximum atomic E-state index is 13.8. The molecule has 0 radical (unpaired) electrons. The Labute approximate surface area is 134 Å². The minimum atomic E-state index is -0.624. The maximum Gasteiger partial charge on any atom is 0.328 e. The normalized spacial score (nSPS) is 14.3. The highest BCUT2D eigenvalue weighted by atomic mass is 127. The molecule has 7 heteroatoms. The highest BCUT2D eigenvalue weighted by Gasteiger charge is 2.24. The summed E-state index contributed by atoms with van der Waals surface area (Å²) in [6.45, 7) is 3.43. The third kappa shape index (κ3) is 2.63. The Kier molecular flexibility index (Phi) is 4.53. The zero-order chi connectivity index (χ0) is 15.0. The molecule has 0 fully saturated rings. The Morgan fingerprint density at radius 2 is 2.15 bits per heavy atom. The summed E-state index contributed by atoms with van der Waals surface area (Å²) in [5.41, 5.74) is 1.14. The molecule has 0 N–H and O–H groups in total. The molecule has 1 heterocycles. The van der Waals surface area contributed by atoms with Gasteiger partial charge in [0.05, 0.1) is 27.1 Å².